The molecule has 0 aromatic carbocycles. The summed E-state index contributed by atoms with van der Waals surface area (Å²) < 4.78 is 3.18. The van der Waals surface area contributed by atoms with E-state index in [0.29, 0.717) is 0 Å². The summed E-state index contributed by atoms with van der Waals surface area (Å²) in [4.78, 5) is 4.15. The summed E-state index contributed by atoms with van der Waals surface area (Å²) in [5.41, 5.74) is 0.232. The highest BCUT2D eigenvalue weighted by Gasteiger charge is 2.61. The second kappa shape index (κ2) is 6.34. The van der Waals surface area contributed by atoms with Crippen LogP contribution in [0.1, 0.15) is 79.1 Å². The van der Waals surface area contributed by atoms with E-state index >= 15 is 0 Å². The summed E-state index contributed by atoms with van der Waals surface area (Å²) in [7, 11) is -1.61. The normalized spacial score (nSPS) is 45.1. The van der Waals surface area contributed by atoms with Crippen molar-refractivity contribution in [1.29, 1.82) is 0 Å². The van der Waals surface area contributed by atoms with Gasteiger partial charge in [-0.15, -0.1) is 0 Å². The summed E-state index contributed by atoms with van der Waals surface area (Å²) in [5, 5.41) is 0. The van der Waals surface area contributed by atoms with Gasteiger partial charge in [-0.25, -0.2) is 0 Å². The van der Waals surface area contributed by atoms with Gasteiger partial charge >= 0.3 is 0 Å². The van der Waals surface area contributed by atoms with Gasteiger partial charge in [0.2, 0.25) is 0 Å². The quantitative estimate of drug-likeness (QED) is 0.662. The predicted molar refractivity (Wildman–Crippen MR) is 110 cm³/mol. The molecule has 4 aliphatic rings. The third-order valence-electron chi connectivity index (χ3n) is 8.10. The third kappa shape index (κ3) is 3.27. The third-order valence-corrected chi connectivity index (χ3v) is 11.4. The van der Waals surface area contributed by atoms with Crippen LogP contribution in [0, 0.1) is 29.6 Å². The SMILES string of the molecule is CC1CCC2C(C1)C1CC3CCCCC3C1N2[Si](C)(C)NC(C)(C)C. The van der Waals surface area contributed by atoms with Crippen LogP contribution in [0.15, 0.2) is 0 Å². The molecule has 0 aromatic rings. The topological polar surface area (TPSA) is 15.3 Å². The van der Waals surface area contributed by atoms with Crippen LogP contribution >= 0.6 is 0 Å². The molecule has 3 saturated carbocycles. The van der Waals surface area contributed by atoms with Crippen molar-refractivity contribution >= 4 is 8.40 Å². The zero-order valence-electron chi connectivity index (χ0n) is 17.6. The van der Waals surface area contributed by atoms with Crippen LogP contribution in [-0.4, -0.2) is 30.6 Å². The summed E-state index contributed by atoms with van der Waals surface area (Å²) in [6, 6.07) is 1.81. The highest BCUT2D eigenvalue weighted by Crippen LogP contribution is 2.59. The molecule has 0 radical (unpaired) electrons. The van der Waals surface area contributed by atoms with Crippen molar-refractivity contribution in [3.63, 3.8) is 0 Å². The highest BCUT2D eigenvalue weighted by atomic mass is 28.3. The Morgan fingerprint density at radius 1 is 0.880 bits per heavy atom. The number of fused-ring (bicyclic) bond motifs is 5. The van der Waals surface area contributed by atoms with Crippen LogP contribution in [0.2, 0.25) is 13.1 Å². The first kappa shape index (κ1) is 18.5. The molecule has 0 amide bonds. The van der Waals surface area contributed by atoms with Gasteiger partial charge in [-0.3, -0.25) is 0 Å². The zero-order chi connectivity index (χ0) is 18.0. The fourth-order valence-electron chi connectivity index (χ4n) is 7.83. The van der Waals surface area contributed by atoms with Gasteiger partial charge in [0, 0.05) is 17.6 Å². The molecule has 0 spiro atoms. The van der Waals surface area contributed by atoms with Crippen molar-refractivity contribution in [2.24, 2.45) is 29.6 Å². The summed E-state index contributed by atoms with van der Waals surface area (Å²) in [5.74, 6) is 5.07. The lowest BCUT2D eigenvalue weighted by atomic mass is 9.74. The first-order valence-electron chi connectivity index (χ1n) is 11.3. The van der Waals surface area contributed by atoms with Gasteiger partial charge in [0.25, 0.3) is 0 Å². The van der Waals surface area contributed by atoms with Crippen LogP contribution in [0.4, 0.5) is 0 Å². The molecule has 7 atom stereocenters. The van der Waals surface area contributed by atoms with Crippen molar-refractivity contribution in [1.82, 2.24) is 9.55 Å². The Morgan fingerprint density at radius 3 is 2.32 bits per heavy atom. The molecule has 144 valence electrons. The van der Waals surface area contributed by atoms with Gasteiger partial charge in [-0.05, 0) is 95.6 Å². The number of hydrogen-bond donors (Lipinski definition) is 1. The van der Waals surface area contributed by atoms with Gasteiger partial charge < -0.3 is 9.55 Å². The van der Waals surface area contributed by atoms with Gasteiger partial charge in [-0.2, -0.15) is 0 Å². The number of nitrogens with zero attached hydrogens (tertiary/aromatic N) is 1. The Kier molecular flexibility index (Phi) is 4.69. The minimum absolute atomic E-state index is 0.232. The maximum atomic E-state index is 4.15. The molecule has 25 heavy (non-hydrogen) atoms. The zero-order valence-corrected chi connectivity index (χ0v) is 18.6. The van der Waals surface area contributed by atoms with Gasteiger partial charge in [0.15, 0.2) is 8.40 Å². The van der Waals surface area contributed by atoms with E-state index in [9.17, 15) is 0 Å². The summed E-state index contributed by atoms with van der Waals surface area (Å²) >= 11 is 0. The smallest absolute Gasteiger partial charge is 0.198 e. The first-order valence-corrected chi connectivity index (χ1v) is 14.2. The lowest BCUT2D eigenvalue weighted by molar-refractivity contribution is 0.139. The van der Waals surface area contributed by atoms with Gasteiger partial charge in [0.1, 0.15) is 0 Å². The molecule has 4 rings (SSSR count). The molecule has 3 heteroatoms. The summed E-state index contributed by atoms with van der Waals surface area (Å²) in [6.07, 6.45) is 12.1. The van der Waals surface area contributed by atoms with Crippen molar-refractivity contribution in [2.45, 2.75) is 110 Å². The standard InChI is InChI=1S/C22H42N2Si/c1-15-11-12-20-18(13-15)19-14-16-9-7-8-10-17(16)21(19)24(20)25(5,6)23-22(2,3)4/h15-21,23H,7-14H2,1-6H3. The maximum absolute atomic E-state index is 4.15. The number of nitrogens with one attached hydrogen (secondary N) is 1. The predicted octanol–water partition coefficient (Wildman–Crippen LogP) is 5.39. The lowest BCUT2D eigenvalue weighted by Gasteiger charge is -2.49. The van der Waals surface area contributed by atoms with Crippen LogP contribution in [0.25, 0.3) is 0 Å². The van der Waals surface area contributed by atoms with E-state index in [1.54, 1.807) is 6.42 Å². The Labute approximate surface area is 157 Å². The van der Waals surface area contributed by atoms with Crippen molar-refractivity contribution in [3.8, 4) is 0 Å². The number of hydrogen-bond acceptors (Lipinski definition) is 2. The van der Waals surface area contributed by atoms with Gasteiger partial charge in [-0.1, -0.05) is 26.2 Å². The van der Waals surface area contributed by atoms with E-state index in [-0.39, 0.29) is 5.54 Å². The average molecular weight is 363 g/mol. The average Bonchev–Trinajstić information content (AvgIpc) is 2.99. The van der Waals surface area contributed by atoms with Crippen LogP contribution in [-0.2, 0) is 0 Å². The Balaban J connectivity index is 1.67. The molecular formula is C22H42N2Si. The molecule has 1 aliphatic heterocycles. The van der Waals surface area contributed by atoms with Crippen LogP contribution in [0.5, 0.6) is 0 Å². The fourth-order valence-corrected chi connectivity index (χ4v) is 12.1. The second-order valence-electron chi connectivity index (χ2n) is 11.6. The van der Waals surface area contributed by atoms with Crippen molar-refractivity contribution in [3.05, 3.63) is 0 Å². The first-order chi connectivity index (χ1) is 11.7. The largest absolute Gasteiger partial charge is 0.321 e. The molecule has 1 saturated heterocycles. The molecule has 3 aliphatic carbocycles. The molecule has 7 unspecified atom stereocenters. The monoisotopic (exact) mass is 362 g/mol. The van der Waals surface area contributed by atoms with Crippen LogP contribution < -0.4 is 4.98 Å². The van der Waals surface area contributed by atoms with Crippen molar-refractivity contribution in [2.75, 3.05) is 0 Å². The number of rotatable bonds is 2. The molecule has 0 bridgehead atoms. The molecule has 0 aromatic heterocycles. The Hall–Kier alpha value is 0.137. The van der Waals surface area contributed by atoms with Crippen molar-refractivity contribution < 1.29 is 0 Å². The summed E-state index contributed by atoms with van der Waals surface area (Å²) in [6.45, 7) is 14.9. The molecule has 2 nitrogen and oxygen atoms in total. The fraction of sp³-hybridized carbons (Fsp3) is 1.00. The molecule has 1 heterocycles. The van der Waals surface area contributed by atoms with E-state index in [0.717, 1.165) is 41.7 Å². The maximum Gasteiger partial charge on any atom is 0.198 e. The minimum Gasteiger partial charge on any atom is -0.321 e. The second-order valence-corrected chi connectivity index (χ2v) is 15.5. The Morgan fingerprint density at radius 2 is 1.60 bits per heavy atom. The van der Waals surface area contributed by atoms with E-state index in [1.165, 1.54) is 44.9 Å². The molecular weight excluding hydrogens is 320 g/mol. The van der Waals surface area contributed by atoms with Gasteiger partial charge in [0.05, 0.1) is 0 Å². The lowest BCUT2D eigenvalue weighted by Crippen LogP contribution is -2.69. The Bertz CT molecular complexity index is 497. The highest BCUT2D eigenvalue weighted by molar-refractivity contribution is 6.72. The van der Waals surface area contributed by atoms with Crippen LogP contribution in [0.3, 0.4) is 0 Å². The molecule has 1 N–H and O–H groups in total. The minimum atomic E-state index is -1.61. The van der Waals surface area contributed by atoms with E-state index < -0.39 is 8.40 Å². The van der Waals surface area contributed by atoms with E-state index in [2.05, 4.69) is 50.3 Å². The van der Waals surface area contributed by atoms with E-state index in [4.69, 9.17) is 0 Å². The van der Waals surface area contributed by atoms with E-state index in [1.807, 2.05) is 0 Å². The molecule has 4 fully saturated rings.